The van der Waals surface area contributed by atoms with Gasteiger partial charge >= 0.3 is 6.36 Å². The van der Waals surface area contributed by atoms with E-state index >= 15 is 0 Å². The Bertz CT molecular complexity index is 400. The molecule has 0 unspecified atom stereocenters. The second kappa shape index (κ2) is 3.52. The highest BCUT2D eigenvalue weighted by Gasteiger charge is 2.33. The van der Waals surface area contributed by atoms with Gasteiger partial charge in [0.25, 0.3) is 0 Å². The van der Waals surface area contributed by atoms with Crippen molar-refractivity contribution >= 4 is 15.9 Å². The zero-order valence-corrected chi connectivity index (χ0v) is 7.94. The topological polar surface area (TPSA) is 62.3 Å². The number of H-pyrrole nitrogens is 1. The van der Waals surface area contributed by atoms with Crippen LogP contribution in [0.25, 0.3) is 0 Å². The molecule has 2 N–H and O–H groups in total. The summed E-state index contributed by atoms with van der Waals surface area (Å²) in [7, 11) is 0. The molecule has 0 spiro atoms. The first-order chi connectivity index (χ1) is 6.31. The van der Waals surface area contributed by atoms with Crippen LogP contribution in [0.2, 0.25) is 0 Å². The third-order valence-electron chi connectivity index (χ3n) is 1.19. The average molecular weight is 274 g/mol. The molecule has 0 amide bonds. The Morgan fingerprint density at radius 2 is 2.07 bits per heavy atom. The Labute approximate surface area is 83.4 Å². The molecule has 0 radical (unpaired) electrons. The molecule has 0 aliphatic rings. The zero-order valence-electron chi connectivity index (χ0n) is 6.35. The summed E-state index contributed by atoms with van der Waals surface area (Å²) in [5.41, 5.74) is -0.983. The Hall–Kier alpha value is -1.18. The lowest BCUT2D eigenvalue weighted by molar-refractivity contribution is -0.276. The Morgan fingerprint density at radius 1 is 1.50 bits per heavy atom. The van der Waals surface area contributed by atoms with Gasteiger partial charge in [-0.1, -0.05) is 0 Å². The maximum Gasteiger partial charge on any atom is 0.574 e. The summed E-state index contributed by atoms with van der Waals surface area (Å²) >= 11 is 2.55. The van der Waals surface area contributed by atoms with E-state index in [0.29, 0.717) is 6.20 Å². The van der Waals surface area contributed by atoms with E-state index in [1.807, 2.05) is 4.98 Å². The van der Waals surface area contributed by atoms with Crippen LogP contribution in [0.4, 0.5) is 13.2 Å². The molecule has 0 aliphatic carbocycles. The first-order valence-electron chi connectivity index (χ1n) is 3.17. The molecule has 4 nitrogen and oxygen atoms in total. The van der Waals surface area contributed by atoms with Gasteiger partial charge < -0.3 is 14.8 Å². The molecule has 78 valence electrons. The van der Waals surface area contributed by atoms with Crippen molar-refractivity contribution in [3.8, 4) is 11.6 Å². The molecule has 8 heteroatoms. The van der Waals surface area contributed by atoms with Gasteiger partial charge in [-0.05, 0) is 15.9 Å². The van der Waals surface area contributed by atoms with Crippen molar-refractivity contribution in [2.24, 2.45) is 0 Å². The minimum atomic E-state index is -4.90. The van der Waals surface area contributed by atoms with Crippen LogP contribution in [0.15, 0.2) is 15.5 Å². The van der Waals surface area contributed by atoms with Gasteiger partial charge in [0.15, 0.2) is 5.75 Å². The Balaban J connectivity index is 3.13. The number of halogens is 4. The van der Waals surface area contributed by atoms with E-state index in [9.17, 15) is 18.0 Å². The van der Waals surface area contributed by atoms with Gasteiger partial charge in [0.05, 0.1) is 6.20 Å². The van der Waals surface area contributed by atoms with Gasteiger partial charge in [0, 0.05) is 0 Å². The number of aromatic nitrogens is 1. The lowest BCUT2D eigenvalue weighted by atomic mass is 10.4. The minimum Gasteiger partial charge on any atom is -0.503 e. The summed E-state index contributed by atoms with van der Waals surface area (Å²) in [6.07, 6.45) is -4.20. The molecule has 0 aliphatic heterocycles. The quantitative estimate of drug-likeness (QED) is 0.819. The van der Waals surface area contributed by atoms with E-state index < -0.39 is 27.9 Å². The van der Waals surface area contributed by atoms with Gasteiger partial charge in [0.1, 0.15) is 4.47 Å². The molecule has 1 heterocycles. The van der Waals surface area contributed by atoms with E-state index in [1.165, 1.54) is 0 Å². The highest BCUT2D eigenvalue weighted by atomic mass is 79.9. The van der Waals surface area contributed by atoms with Crippen molar-refractivity contribution in [1.29, 1.82) is 0 Å². The summed E-state index contributed by atoms with van der Waals surface area (Å²) < 4.78 is 38.1. The normalized spacial score (nSPS) is 11.4. The largest absolute Gasteiger partial charge is 0.574 e. The average Bonchev–Trinajstić information content (AvgIpc) is 2.04. The van der Waals surface area contributed by atoms with Crippen LogP contribution in [-0.2, 0) is 0 Å². The smallest absolute Gasteiger partial charge is 0.503 e. The minimum absolute atomic E-state index is 0.519. The molecular formula is C6H3BrF3NO3. The number of aromatic hydroxyl groups is 1. The van der Waals surface area contributed by atoms with Crippen molar-refractivity contribution in [2.45, 2.75) is 6.36 Å². The van der Waals surface area contributed by atoms with E-state index in [0.717, 1.165) is 0 Å². The van der Waals surface area contributed by atoms with Gasteiger partial charge in [-0.2, -0.15) is 0 Å². The molecule has 0 bridgehead atoms. The molecule has 0 atom stereocenters. The summed E-state index contributed by atoms with van der Waals surface area (Å²) in [4.78, 5) is 12.9. The van der Waals surface area contributed by atoms with Crippen molar-refractivity contribution < 1.29 is 23.0 Å². The third-order valence-corrected chi connectivity index (χ3v) is 1.91. The van der Waals surface area contributed by atoms with Crippen LogP contribution in [0, 0.1) is 0 Å². The monoisotopic (exact) mass is 273 g/mol. The molecule has 0 saturated carbocycles. The van der Waals surface area contributed by atoms with Gasteiger partial charge in [0.2, 0.25) is 11.3 Å². The summed E-state index contributed by atoms with van der Waals surface area (Å²) in [6.45, 7) is 0. The number of hydrogen-bond donors (Lipinski definition) is 2. The second-order valence-electron chi connectivity index (χ2n) is 2.19. The first kappa shape index (κ1) is 10.9. The first-order valence-corrected chi connectivity index (χ1v) is 3.96. The van der Waals surface area contributed by atoms with Crippen molar-refractivity contribution in [1.82, 2.24) is 4.98 Å². The number of rotatable bonds is 1. The predicted molar refractivity (Wildman–Crippen MR) is 43.1 cm³/mol. The summed E-state index contributed by atoms with van der Waals surface area (Å²) in [5, 5.41) is 8.81. The number of aromatic amines is 1. The van der Waals surface area contributed by atoms with Crippen LogP contribution < -0.4 is 10.2 Å². The third kappa shape index (κ3) is 2.41. The van der Waals surface area contributed by atoms with E-state index in [1.54, 1.807) is 0 Å². The number of alkyl halides is 3. The van der Waals surface area contributed by atoms with Gasteiger partial charge in [-0.25, -0.2) is 0 Å². The Morgan fingerprint density at radius 3 is 2.57 bits per heavy atom. The highest BCUT2D eigenvalue weighted by Crippen LogP contribution is 2.26. The standard InChI is InChI=1S/C6H3BrF3NO3/c7-3-4(13)2(12)1-11-5(3)14-6(8,9)10/h1,12H,(H,11,13). The van der Waals surface area contributed by atoms with Crippen molar-refractivity contribution in [3.63, 3.8) is 0 Å². The van der Waals surface area contributed by atoms with Gasteiger partial charge in [-0.3, -0.25) is 4.79 Å². The summed E-state index contributed by atoms with van der Waals surface area (Å²) in [6, 6.07) is 0. The molecule has 0 fully saturated rings. The van der Waals surface area contributed by atoms with E-state index in [2.05, 4.69) is 20.7 Å². The van der Waals surface area contributed by atoms with Crippen LogP contribution in [0.5, 0.6) is 11.6 Å². The van der Waals surface area contributed by atoms with Crippen LogP contribution in [0.1, 0.15) is 0 Å². The number of nitrogens with one attached hydrogen (secondary N) is 1. The predicted octanol–water partition coefficient (Wildman–Crippen LogP) is 1.74. The molecular weight excluding hydrogens is 271 g/mol. The molecule has 0 aromatic carbocycles. The summed E-state index contributed by atoms with van der Waals surface area (Å²) in [5.74, 6) is -1.51. The fraction of sp³-hybridized carbons (Fsp3) is 0.167. The Kier molecular flexibility index (Phi) is 2.74. The lowest BCUT2D eigenvalue weighted by Crippen LogP contribution is -2.20. The lowest BCUT2D eigenvalue weighted by Gasteiger charge is -2.09. The van der Waals surface area contributed by atoms with Crippen LogP contribution >= 0.6 is 15.9 Å². The highest BCUT2D eigenvalue weighted by molar-refractivity contribution is 9.10. The number of hydrogen-bond acceptors (Lipinski definition) is 3. The van der Waals surface area contributed by atoms with Gasteiger partial charge in [-0.15, -0.1) is 13.2 Å². The van der Waals surface area contributed by atoms with Crippen molar-refractivity contribution in [2.75, 3.05) is 0 Å². The molecule has 0 saturated heterocycles. The molecule has 1 aromatic heterocycles. The molecule has 1 rings (SSSR count). The number of ether oxygens (including phenoxy) is 1. The maximum absolute atomic E-state index is 11.7. The van der Waals surface area contributed by atoms with E-state index in [4.69, 9.17) is 5.11 Å². The van der Waals surface area contributed by atoms with Crippen LogP contribution in [-0.4, -0.2) is 16.5 Å². The number of pyridine rings is 1. The van der Waals surface area contributed by atoms with Crippen molar-refractivity contribution in [3.05, 3.63) is 20.9 Å². The van der Waals surface area contributed by atoms with Crippen LogP contribution in [0.3, 0.4) is 0 Å². The maximum atomic E-state index is 11.7. The fourth-order valence-electron chi connectivity index (χ4n) is 0.668. The SMILES string of the molecule is O=c1c(O)c[nH]c(OC(F)(F)F)c1Br. The fourth-order valence-corrected chi connectivity index (χ4v) is 1.07. The van der Waals surface area contributed by atoms with E-state index in [-0.39, 0.29) is 0 Å². The zero-order chi connectivity index (χ0) is 10.9. The molecule has 1 aromatic rings. The second-order valence-corrected chi connectivity index (χ2v) is 2.99. The molecule has 14 heavy (non-hydrogen) atoms.